The molecule has 1 saturated heterocycles. The van der Waals surface area contributed by atoms with Crippen LogP contribution < -0.4 is 0 Å². The molecule has 20 heavy (non-hydrogen) atoms. The Morgan fingerprint density at radius 1 is 1.15 bits per heavy atom. The van der Waals surface area contributed by atoms with Crippen LogP contribution in [0.4, 0.5) is 0 Å². The molecule has 1 N–H and O–H groups in total. The molecule has 1 aliphatic heterocycles. The molecule has 1 aliphatic rings. The zero-order valence-electron chi connectivity index (χ0n) is 10.5. The SMILES string of the molecule is O=C(O)c1cc(Cl)cc(S(=O)(=O)N2CCCCC2)c1Cl. The maximum atomic E-state index is 12.5. The number of carboxylic acid groups (broad SMARTS) is 1. The number of sulfonamides is 1. The molecule has 0 aromatic heterocycles. The molecule has 110 valence electrons. The fourth-order valence-corrected chi connectivity index (χ4v) is 4.55. The van der Waals surface area contributed by atoms with Crippen LogP contribution in [0.3, 0.4) is 0 Å². The monoisotopic (exact) mass is 337 g/mol. The van der Waals surface area contributed by atoms with Gasteiger partial charge in [0.25, 0.3) is 0 Å². The molecule has 5 nitrogen and oxygen atoms in total. The zero-order chi connectivity index (χ0) is 14.9. The highest BCUT2D eigenvalue weighted by Gasteiger charge is 2.30. The second-order valence-electron chi connectivity index (χ2n) is 4.54. The van der Waals surface area contributed by atoms with E-state index < -0.39 is 16.0 Å². The summed E-state index contributed by atoms with van der Waals surface area (Å²) in [6.07, 6.45) is 2.54. The van der Waals surface area contributed by atoms with E-state index in [2.05, 4.69) is 0 Å². The third-order valence-corrected chi connectivity index (χ3v) is 5.83. The third-order valence-electron chi connectivity index (χ3n) is 3.17. The predicted molar refractivity (Wildman–Crippen MR) is 76.0 cm³/mol. The van der Waals surface area contributed by atoms with Crippen molar-refractivity contribution in [3.63, 3.8) is 0 Å². The Morgan fingerprint density at radius 2 is 1.75 bits per heavy atom. The van der Waals surface area contributed by atoms with Crippen LogP contribution in [0.5, 0.6) is 0 Å². The molecule has 0 atom stereocenters. The number of hydrogen-bond donors (Lipinski definition) is 1. The summed E-state index contributed by atoms with van der Waals surface area (Å²) in [7, 11) is -3.82. The summed E-state index contributed by atoms with van der Waals surface area (Å²) in [5.41, 5.74) is -0.310. The number of piperidine rings is 1. The van der Waals surface area contributed by atoms with Crippen LogP contribution in [0.25, 0.3) is 0 Å². The van der Waals surface area contributed by atoms with Crippen molar-refractivity contribution in [2.24, 2.45) is 0 Å². The smallest absolute Gasteiger partial charge is 0.337 e. The number of nitrogens with zero attached hydrogens (tertiary/aromatic N) is 1. The van der Waals surface area contributed by atoms with Gasteiger partial charge in [-0.05, 0) is 25.0 Å². The van der Waals surface area contributed by atoms with Gasteiger partial charge >= 0.3 is 5.97 Å². The molecule has 0 spiro atoms. The van der Waals surface area contributed by atoms with Gasteiger partial charge in [0.05, 0.1) is 10.6 Å². The van der Waals surface area contributed by atoms with E-state index in [0.717, 1.165) is 25.3 Å². The fraction of sp³-hybridized carbons (Fsp3) is 0.417. The minimum absolute atomic E-state index is 0.0300. The van der Waals surface area contributed by atoms with Crippen molar-refractivity contribution in [1.29, 1.82) is 0 Å². The molecule has 0 radical (unpaired) electrons. The van der Waals surface area contributed by atoms with E-state index in [9.17, 15) is 13.2 Å². The molecule has 0 unspecified atom stereocenters. The number of carbonyl (C=O) groups is 1. The lowest BCUT2D eigenvalue weighted by atomic mass is 10.2. The summed E-state index contributed by atoms with van der Waals surface area (Å²) in [5.74, 6) is -1.31. The first kappa shape index (κ1) is 15.6. The summed E-state index contributed by atoms with van der Waals surface area (Å²) >= 11 is 11.7. The maximum absolute atomic E-state index is 12.5. The van der Waals surface area contributed by atoms with Crippen LogP contribution in [-0.2, 0) is 10.0 Å². The fourth-order valence-electron chi connectivity index (χ4n) is 2.15. The average molecular weight is 338 g/mol. The van der Waals surface area contributed by atoms with Crippen LogP contribution in [0.2, 0.25) is 10.0 Å². The van der Waals surface area contributed by atoms with Crippen molar-refractivity contribution in [2.75, 3.05) is 13.1 Å². The van der Waals surface area contributed by atoms with Crippen LogP contribution in [-0.4, -0.2) is 36.9 Å². The molecule has 1 fully saturated rings. The largest absolute Gasteiger partial charge is 0.478 e. The lowest BCUT2D eigenvalue weighted by Gasteiger charge is -2.26. The quantitative estimate of drug-likeness (QED) is 0.920. The van der Waals surface area contributed by atoms with Crippen molar-refractivity contribution >= 4 is 39.2 Å². The standard InChI is InChI=1S/C12H13Cl2NO4S/c13-8-6-9(12(16)17)11(14)10(7-8)20(18,19)15-4-2-1-3-5-15/h6-7H,1-5H2,(H,16,17). The predicted octanol–water partition coefficient (Wildman–Crippen LogP) is 2.87. The van der Waals surface area contributed by atoms with Gasteiger partial charge in [0.1, 0.15) is 4.90 Å². The Bertz CT molecular complexity index is 639. The van der Waals surface area contributed by atoms with Gasteiger partial charge in [0.15, 0.2) is 0 Å². The molecule has 1 aromatic carbocycles. The van der Waals surface area contributed by atoms with Crippen LogP contribution in [0.15, 0.2) is 17.0 Å². The van der Waals surface area contributed by atoms with E-state index >= 15 is 0 Å². The minimum Gasteiger partial charge on any atom is -0.478 e. The Hall–Kier alpha value is -0.820. The van der Waals surface area contributed by atoms with E-state index in [1.165, 1.54) is 10.4 Å². The summed E-state index contributed by atoms with van der Waals surface area (Å²) in [6.45, 7) is 0.821. The first-order valence-corrected chi connectivity index (χ1v) is 8.26. The average Bonchev–Trinajstić information content (AvgIpc) is 2.41. The van der Waals surface area contributed by atoms with Crippen LogP contribution >= 0.6 is 23.2 Å². The highest BCUT2D eigenvalue weighted by atomic mass is 35.5. The first-order chi connectivity index (χ1) is 9.34. The molecule has 2 rings (SSSR count). The molecule has 1 heterocycles. The minimum atomic E-state index is -3.82. The van der Waals surface area contributed by atoms with Gasteiger partial charge in [-0.3, -0.25) is 0 Å². The van der Waals surface area contributed by atoms with Crippen molar-refractivity contribution in [3.8, 4) is 0 Å². The lowest BCUT2D eigenvalue weighted by Crippen LogP contribution is -2.35. The second kappa shape index (κ2) is 5.89. The van der Waals surface area contributed by atoms with Crippen molar-refractivity contribution in [1.82, 2.24) is 4.31 Å². The summed E-state index contributed by atoms with van der Waals surface area (Å²) < 4.78 is 26.4. The Labute approximate surface area is 127 Å². The van der Waals surface area contributed by atoms with E-state index in [1.54, 1.807) is 0 Å². The highest BCUT2D eigenvalue weighted by molar-refractivity contribution is 7.89. The summed E-state index contributed by atoms with van der Waals surface area (Å²) in [4.78, 5) is 10.8. The molecule has 0 amide bonds. The second-order valence-corrected chi connectivity index (χ2v) is 7.26. The van der Waals surface area contributed by atoms with Gasteiger partial charge in [-0.2, -0.15) is 4.31 Å². The van der Waals surface area contributed by atoms with Crippen LogP contribution in [0.1, 0.15) is 29.6 Å². The topological polar surface area (TPSA) is 74.7 Å². The van der Waals surface area contributed by atoms with E-state index in [-0.39, 0.29) is 20.5 Å². The summed E-state index contributed by atoms with van der Waals surface area (Å²) in [5, 5.41) is 8.77. The van der Waals surface area contributed by atoms with E-state index in [4.69, 9.17) is 28.3 Å². The van der Waals surface area contributed by atoms with Gasteiger partial charge in [-0.1, -0.05) is 29.6 Å². The van der Waals surface area contributed by atoms with Crippen molar-refractivity contribution in [3.05, 3.63) is 27.7 Å². The number of hydrogen-bond acceptors (Lipinski definition) is 3. The van der Waals surface area contributed by atoms with Gasteiger partial charge in [-0.25, -0.2) is 13.2 Å². The van der Waals surface area contributed by atoms with E-state index in [0.29, 0.717) is 13.1 Å². The maximum Gasteiger partial charge on any atom is 0.337 e. The van der Waals surface area contributed by atoms with Gasteiger partial charge in [0.2, 0.25) is 10.0 Å². The Kier molecular flexibility index (Phi) is 4.59. The first-order valence-electron chi connectivity index (χ1n) is 6.06. The van der Waals surface area contributed by atoms with Gasteiger partial charge in [0, 0.05) is 18.1 Å². The van der Waals surface area contributed by atoms with Gasteiger partial charge < -0.3 is 5.11 Å². The Morgan fingerprint density at radius 3 is 2.30 bits per heavy atom. The highest BCUT2D eigenvalue weighted by Crippen LogP contribution is 2.32. The van der Waals surface area contributed by atoms with Crippen LogP contribution in [0, 0.1) is 0 Å². The lowest BCUT2D eigenvalue weighted by molar-refractivity contribution is 0.0697. The number of carboxylic acids is 1. The number of rotatable bonds is 3. The molecule has 8 heteroatoms. The molecular formula is C12H13Cl2NO4S. The molecule has 0 saturated carbocycles. The number of halogens is 2. The third kappa shape index (κ3) is 2.93. The zero-order valence-corrected chi connectivity index (χ0v) is 12.8. The Balaban J connectivity index is 2.53. The van der Waals surface area contributed by atoms with Crippen molar-refractivity contribution < 1.29 is 18.3 Å². The normalized spacial score (nSPS) is 17.1. The number of benzene rings is 1. The number of aromatic carboxylic acids is 1. The summed E-state index contributed by atoms with van der Waals surface area (Å²) in [6, 6.07) is 2.34. The molecular weight excluding hydrogens is 325 g/mol. The van der Waals surface area contributed by atoms with E-state index in [1.807, 2.05) is 0 Å². The van der Waals surface area contributed by atoms with Crippen molar-refractivity contribution in [2.45, 2.75) is 24.2 Å². The molecule has 1 aromatic rings. The molecule has 0 bridgehead atoms. The molecule has 0 aliphatic carbocycles. The van der Waals surface area contributed by atoms with Gasteiger partial charge in [-0.15, -0.1) is 0 Å².